The molecule has 0 saturated heterocycles. The van der Waals surface area contributed by atoms with Crippen LogP contribution >= 0.6 is 33.9 Å². The Morgan fingerprint density at radius 2 is 2.00 bits per heavy atom. The van der Waals surface area contributed by atoms with Crippen LogP contribution < -0.4 is 10.1 Å². The fraction of sp³-hybridized carbons (Fsp3) is 0.100. The van der Waals surface area contributed by atoms with Crippen LogP contribution in [0.3, 0.4) is 0 Å². The first-order valence-corrected chi connectivity index (χ1v) is 9.93. The molecule has 0 spiro atoms. The Kier molecular flexibility index (Phi) is 4.54. The number of nitrogens with zero attached hydrogens (tertiary/aromatic N) is 1. The lowest BCUT2D eigenvalue weighted by molar-refractivity contribution is 0.0964. The molecule has 2 aromatic carbocycles. The third kappa shape index (κ3) is 3.03. The van der Waals surface area contributed by atoms with Crippen LogP contribution in [0.5, 0.6) is 11.5 Å². The molecule has 2 heterocycles. The molecule has 130 valence electrons. The molecule has 0 unspecified atom stereocenters. The van der Waals surface area contributed by atoms with E-state index in [1.165, 1.54) is 0 Å². The van der Waals surface area contributed by atoms with Gasteiger partial charge in [0.15, 0.2) is 0 Å². The monoisotopic (exact) mass is 474 g/mol. The topological polar surface area (TPSA) is 51.2 Å². The van der Waals surface area contributed by atoms with E-state index in [0.717, 1.165) is 46.5 Å². The number of benzene rings is 2. The molecular weight excluding hydrogens is 459 g/mol. The van der Waals surface area contributed by atoms with Gasteiger partial charge in [0.25, 0.3) is 5.91 Å². The SMILES string of the molecule is CNC(=O)c1c(C)sc2cc(Oc3ccnc4ccc(I)cc34)ccc12. The van der Waals surface area contributed by atoms with E-state index < -0.39 is 0 Å². The van der Waals surface area contributed by atoms with Crippen molar-refractivity contribution in [3.63, 3.8) is 0 Å². The van der Waals surface area contributed by atoms with Gasteiger partial charge in [-0.15, -0.1) is 11.3 Å². The lowest BCUT2D eigenvalue weighted by Gasteiger charge is -2.09. The molecule has 0 atom stereocenters. The number of halogens is 1. The smallest absolute Gasteiger partial charge is 0.252 e. The average Bonchev–Trinajstić information content (AvgIpc) is 2.96. The predicted octanol–water partition coefficient (Wildman–Crippen LogP) is 5.51. The summed E-state index contributed by atoms with van der Waals surface area (Å²) in [4.78, 5) is 17.5. The molecule has 26 heavy (non-hydrogen) atoms. The summed E-state index contributed by atoms with van der Waals surface area (Å²) in [5, 5.41) is 4.64. The van der Waals surface area contributed by atoms with E-state index in [1.54, 1.807) is 24.6 Å². The van der Waals surface area contributed by atoms with Crippen LogP contribution in [0.15, 0.2) is 48.7 Å². The standard InChI is InChI=1S/C20H15IN2O2S/c1-11-19(20(24)22-2)14-5-4-13(10-18(14)26-11)25-17-7-8-23-16-6-3-12(21)9-15(16)17/h3-10H,1-2H3,(H,22,24). The number of aromatic nitrogens is 1. The maximum atomic E-state index is 12.1. The summed E-state index contributed by atoms with van der Waals surface area (Å²) in [7, 11) is 1.65. The van der Waals surface area contributed by atoms with E-state index in [4.69, 9.17) is 4.74 Å². The molecule has 0 fully saturated rings. The van der Waals surface area contributed by atoms with E-state index in [0.29, 0.717) is 0 Å². The predicted molar refractivity (Wildman–Crippen MR) is 114 cm³/mol. The summed E-state index contributed by atoms with van der Waals surface area (Å²) in [6.07, 6.45) is 1.75. The van der Waals surface area contributed by atoms with E-state index >= 15 is 0 Å². The van der Waals surface area contributed by atoms with Gasteiger partial charge in [0.2, 0.25) is 0 Å². The lowest BCUT2D eigenvalue weighted by atomic mass is 10.1. The van der Waals surface area contributed by atoms with Gasteiger partial charge in [-0.3, -0.25) is 9.78 Å². The minimum atomic E-state index is -0.0582. The number of hydrogen-bond donors (Lipinski definition) is 1. The minimum Gasteiger partial charge on any atom is -0.457 e. The number of hydrogen-bond acceptors (Lipinski definition) is 4. The zero-order valence-electron chi connectivity index (χ0n) is 14.2. The quantitative estimate of drug-likeness (QED) is 0.398. The summed E-state index contributed by atoms with van der Waals surface area (Å²) in [5.74, 6) is 1.46. The number of pyridine rings is 1. The molecule has 1 amide bonds. The molecule has 0 aliphatic rings. The summed E-state index contributed by atoms with van der Waals surface area (Å²) in [5.41, 5.74) is 1.64. The van der Waals surface area contributed by atoms with Gasteiger partial charge in [0, 0.05) is 37.2 Å². The Balaban J connectivity index is 1.77. The third-order valence-electron chi connectivity index (χ3n) is 4.18. The van der Waals surface area contributed by atoms with Crippen molar-refractivity contribution in [2.45, 2.75) is 6.92 Å². The fourth-order valence-electron chi connectivity index (χ4n) is 2.98. The molecule has 2 aromatic heterocycles. The Morgan fingerprint density at radius 3 is 2.81 bits per heavy atom. The summed E-state index contributed by atoms with van der Waals surface area (Å²) >= 11 is 3.88. The van der Waals surface area contributed by atoms with Crippen LogP contribution in [0.25, 0.3) is 21.0 Å². The van der Waals surface area contributed by atoms with Gasteiger partial charge < -0.3 is 10.1 Å². The van der Waals surface area contributed by atoms with Crippen LogP contribution in [0.2, 0.25) is 0 Å². The van der Waals surface area contributed by atoms with Gasteiger partial charge in [-0.1, -0.05) is 0 Å². The molecule has 6 heteroatoms. The molecule has 1 N–H and O–H groups in total. The number of amides is 1. The maximum absolute atomic E-state index is 12.1. The molecule has 4 aromatic rings. The van der Waals surface area contributed by atoms with Crippen molar-refractivity contribution in [2.24, 2.45) is 0 Å². The molecule has 4 nitrogen and oxygen atoms in total. The molecule has 0 saturated carbocycles. The minimum absolute atomic E-state index is 0.0582. The van der Waals surface area contributed by atoms with Crippen LogP contribution in [0.1, 0.15) is 15.2 Å². The second-order valence-corrected chi connectivity index (χ2v) is 8.34. The van der Waals surface area contributed by atoms with Gasteiger partial charge in [-0.2, -0.15) is 0 Å². The van der Waals surface area contributed by atoms with Crippen molar-refractivity contribution in [3.05, 3.63) is 62.7 Å². The average molecular weight is 474 g/mol. The van der Waals surface area contributed by atoms with Gasteiger partial charge >= 0.3 is 0 Å². The number of rotatable bonds is 3. The first-order valence-electron chi connectivity index (χ1n) is 8.04. The summed E-state index contributed by atoms with van der Waals surface area (Å²) in [6, 6.07) is 13.8. The zero-order chi connectivity index (χ0) is 18.3. The molecular formula is C20H15IN2O2S. The highest BCUT2D eigenvalue weighted by Crippen LogP contribution is 2.36. The molecule has 0 aliphatic heterocycles. The highest BCUT2D eigenvalue weighted by molar-refractivity contribution is 14.1. The molecule has 0 bridgehead atoms. The Hall–Kier alpha value is -2.19. The van der Waals surface area contributed by atoms with Gasteiger partial charge in [0.1, 0.15) is 11.5 Å². The second-order valence-electron chi connectivity index (χ2n) is 5.84. The van der Waals surface area contributed by atoms with Crippen molar-refractivity contribution in [1.29, 1.82) is 0 Å². The van der Waals surface area contributed by atoms with Gasteiger partial charge in [0.05, 0.1) is 11.1 Å². The van der Waals surface area contributed by atoms with E-state index in [-0.39, 0.29) is 5.91 Å². The summed E-state index contributed by atoms with van der Waals surface area (Å²) in [6.45, 7) is 1.97. The molecule has 0 aliphatic carbocycles. The van der Waals surface area contributed by atoms with Crippen LogP contribution in [-0.2, 0) is 0 Å². The zero-order valence-corrected chi connectivity index (χ0v) is 17.1. The van der Waals surface area contributed by atoms with Gasteiger partial charge in [-0.25, -0.2) is 0 Å². The Morgan fingerprint density at radius 1 is 1.15 bits per heavy atom. The van der Waals surface area contributed by atoms with E-state index in [1.807, 2.05) is 43.3 Å². The normalized spacial score (nSPS) is 11.0. The van der Waals surface area contributed by atoms with Gasteiger partial charge in [-0.05, 0) is 72.0 Å². The fourth-order valence-corrected chi connectivity index (χ4v) is 4.56. The number of carbonyl (C=O) groups is 1. The van der Waals surface area contributed by atoms with Crippen LogP contribution in [0, 0.1) is 10.5 Å². The number of thiophene rings is 1. The number of fused-ring (bicyclic) bond motifs is 2. The summed E-state index contributed by atoms with van der Waals surface area (Å²) < 4.78 is 8.32. The third-order valence-corrected chi connectivity index (χ3v) is 5.92. The first kappa shape index (κ1) is 17.2. The molecule has 0 radical (unpaired) electrons. The number of nitrogens with one attached hydrogen (secondary N) is 1. The van der Waals surface area contributed by atoms with Crippen molar-refractivity contribution < 1.29 is 9.53 Å². The lowest BCUT2D eigenvalue weighted by Crippen LogP contribution is -2.18. The second kappa shape index (κ2) is 6.85. The maximum Gasteiger partial charge on any atom is 0.252 e. The largest absolute Gasteiger partial charge is 0.457 e. The van der Waals surface area contributed by atoms with Crippen molar-refractivity contribution in [1.82, 2.24) is 10.3 Å². The highest BCUT2D eigenvalue weighted by Gasteiger charge is 2.16. The highest BCUT2D eigenvalue weighted by atomic mass is 127. The van der Waals surface area contributed by atoms with E-state index in [2.05, 4.69) is 39.0 Å². The van der Waals surface area contributed by atoms with Crippen LogP contribution in [0.4, 0.5) is 0 Å². The Labute approximate surface area is 168 Å². The van der Waals surface area contributed by atoms with Crippen molar-refractivity contribution >= 4 is 60.8 Å². The van der Waals surface area contributed by atoms with E-state index in [9.17, 15) is 4.79 Å². The van der Waals surface area contributed by atoms with Crippen molar-refractivity contribution in [2.75, 3.05) is 7.05 Å². The van der Waals surface area contributed by atoms with Crippen LogP contribution in [-0.4, -0.2) is 17.9 Å². The number of carbonyl (C=O) groups excluding carboxylic acids is 1. The Bertz CT molecular complexity index is 1150. The first-order chi connectivity index (χ1) is 12.6. The molecule has 4 rings (SSSR count). The van der Waals surface area contributed by atoms with Crippen molar-refractivity contribution in [3.8, 4) is 11.5 Å². The number of aryl methyl sites for hydroxylation is 1. The number of ether oxygens (including phenoxy) is 1.